The van der Waals surface area contributed by atoms with Crippen LogP contribution < -0.4 is 5.32 Å². The van der Waals surface area contributed by atoms with Crippen molar-refractivity contribution in [2.45, 2.75) is 31.7 Å². The van der Waals surface area contributed by atoms with Crippen LogP contribution in [0.25, 0.3) is 0 Å². The van der Waals surface area contributed by atoms with Gasteiger partial charge in [0.1, 0.15) is 5.78 Å². The molecule has 18 heavy (non-hydrogen) atoms. The van der Waals surface area contributed by atoms with Crippen molar-refractivity contribution in [1.82, 2.24) is 5.32 Å². The summed E-state index contributed by atoms with van der Waals surface area (Å²) in [6, 6.07) is 10.6. The van der Waals surface area contributed by atoms with E-state index < -0.39 is 0 Å². The molecule has 1 N–H and O–H groups in total. The minimum atomic E-state index is 0.225. The van der Waals surface area contributed by atoms with Crippen molar-refractivity contribution in [2.24, 2.45) is 0 Å². The number of aryl methyl sites for hydroxylation is 1. The quantitative estimate of drug-likeness (QED) is 0.835. The normalized spacial score (nSPS) is 19.7. The highest BCUT2D eigenvalue weighted by atomic mass is 16.5. The van der Waals surface area contributed by atoms with E-state index in [9.17, 15) is 4.79 Å². The van der Waals surface area contributed by atoms with Crippen molar-refractivity contribution >= 4 is 5.78 Å². The SMILES string of the molecule is O=C(CCCc1ccccc1)CC1COCCN1. The van der Waals surface area contributed by atoms with E-state index in [1.165, 1.54) is 5.56 Å². The zero-order valence-corrected chi connectivity index (χ0v) is 10.7. The predicted octanol–water partition coefficient (Wildman–Crippen LogP) is 1.96. The minimum Gasteiger partial charge on any atom is -0.379 e. The van der Waals surface area contributed by atoms with Crippen LogP contribution in [0.15, 0.2) is 30.3 Å². The zero-order chi connectivity index (χ0) is 12.6. The smallest absolute Gasteiger partial charge is 0.134 e. The van der Waals surface area contributed by atoms with Crippen LogP contribution in [-0.4, -0.2) is 31.6 Å². The second-order valence-corrected chi connectivity index (χ2v) is 4.81. The maximum atomic E-state index is 11.8. The second-order valence-electron chi connectivity index (χ2n) is 4.81. The largest absolute Gasteiger partial charge is 0.379 e. The Morgan fingerprint density at radius 3 is 2.89 bits per heavy atom. The number of ketones is 1. The van der Waals surface area contributed by atoms with Crippen LogP contribution in [0.5, 0.6) is 0 Å². The molecule has 3 heteroatoms. The third-order valence-corrected chi connectivity index (χ3v) is 3.24. The van der Waals surface area contributed by atoms with Crippen molar-refractivity contribution in [3.05, 3.63) is 35.9 Å². The summed E-state index contributed by atoms with van der Waals surface area (Å²) in [6.07, 6.45) is 3.21. The number of carbonyl (C=O) groups excluding carboxylic acids is 1. The van der Waals surface area contributed by atoms with Gasteiger partial charge in [0.05, 0.1) is 13.2 Å². The van der Waals surface area contributed by atoms with Gasteiger partial charge in [-0.1, -0.05) is 30.3 Å². The van der Waals surface area contributed by atoms with E-state index in [2.05, 4.69) is 17.4 Å². The highest BCUT2D eigenvalue weighted by Crippen LogP contribution is 2.07. The van der Waals surface area contributed by atoms with Crippen LogP contribution in [0.1, 0.15) is 24.8 Å². The fraction of sp³-hybridized carbons (Fsp3) is 0.533. The second kappa shape index (κ2) is 7.29. The molecule has 1 atom stereocenters. The molecular weight excluding hydrogens is 226 g/mol. The van der Waals surface area contributed by atoms with Gasteiger partial charge in [0.2, 0.25) is 0 Å². The highest BCUT2D eigenvalue weighted by molar-refractivity contribution is 5.79. The summed E-state index contributed by atoms with van der Waals surface area (Å²) < 4.78 is 5.34. The lowest BCUT2D eigenvalue weighted by Gasteiger charge is -2.23. The summed E-state index contributed by atoms with van der Waals surface area (Å²) >= 11 is 0. The number of rotatable bonds is 6. The third kappa shape index (κ3) is 4.59. The molecule has 1 unspecified atom stereocenters. The molecule has 0 saturated carbocycles. The Kier molecular flexibility index (Phi) is 5.36. The van der Waals surface area contributed by atoms with E-state index in [1.807, 2.05) is 18.2 Å². The van der Waals surface area contributed by atoms with Crippen molar-refractivity contribution in [2.75, 3.05) is 19.8 Å². The van der Waals surface area contributed by atoms with Gasteiger partial charge in [-0.15, -0.1) is 0 Å². The summed E-state index contributed by atoms with van der Waals surface area (Å²) in [5.41, 5.74) is 1.31. The van der Waals surface area contributed by atoms with E-state index in [1.54, 1.807) is 0 Å². The third-order valence-electron chi connectivity index (χ3n) is 3.24. The van der Waals surface area contributed by atoms with Gasteiger partial charge in [0.25, 0.3) is 0 Å². The van der Waals surface area contributed by atoms with Gasteiger partial charge >= 0.3 is 0 Å². The van der Waals surface area contributed by atoms with Gasteiger partial charge in [-0.25, -0.2) is 0 Å². The lowest BCUT2D eigenvalue weighted by Crippen LogP contribution is -2.42. The van der Waals surface area contributed by atoms with E-state index in [-0.39, 0.29) is 6.04 Å². The molecule has 0 bridgehead atoms. The average molecular weight is 247 g/mol. The van der Waals surface area contributed by atoms with E-state index >= 15 is 0 Å². The monoisotopic (exact) mass is 247 g/mol. The molecule has 2 rings (SSSR count). The number of hydrogen-bond donors (Lipinski definition) is 1. The highest BCUT2D eigenvalue weighted by Gasteiger charge is 2.16. The molecule has 1 aromatic rings. The number of nitrogens with one attached hydrogen (secondary N) is 1. The molecule has 0 spiro atoms. The molecular formula is C15H21NO2. The van der Waals surface area contributed by atoms with Gasteiger partial charge in [-0.05, 0) is 18.4 Å². The molecule has 1 fully saturated rings. The number of carbonyl (C=O) groups is 1. The Labute approximate surface area is 109 Å². The summed E-state index contributed by atoms with van der Waals surface area (Å²) in [4.78, 5) is 11.8. The molecule has 1 aliphatic rings. The van der Waals surface area contributed by atoms with E-state index in [0.717, 1.165) is 26.0 Å². The number of ether oxygens (including phenoxy) is 1. The molecule has 98 valence electrons. The topological polar surface area (TPSA) is 38.3 Å². The maximum Gasteiger partial charge on any atom is 0.134 e. The summed E-state index contributed by atoms with van der Waals surface area (Å²) in [5.74, 6) is 0.342. The number of benzene rings is 1. The number of hydrogen-bond acceptors (Lipinski definition) is 3. The maximum absolute atomic E-state index is 11.8. The molecule has 3 nitrogen and oxygen atoms in total. The fourth-order valence-corrected chi connectivity index (χ4v) is 2.26. The van der Waals surface area contributed by atoms with Gasteiger partial charge in [0.15, 0.2) is 0 Å². The Hall–Kier alpha value is -1.19. The van der Waals surface area contributed by atoms with Gasteiger partial charge in [0, 0.05) is 25.4 Å². The first-order valence-electron chi connectivity index (χ1n) is 6.71. The molecule has 1 aliphatic heterocycles. The Morgan fingerprint density at radius 2 is 2.17 bits per heavy atom. The van der Waals surface area contributed by atoms with Crippen molar-refractivity contribution in [3.8, 4) is 0 Å². The van der Waals surface area contributed by atoms with Crippen LogP contribution >= 0.6 is 0 Å². The molecule has 0 aromatic heterocycles. The molecule has 1 aromatic carbocycles. The molecule has 0 aliphatic carbocycles. The Bertz CT molecular complexity index is 358. The van der Waals surface area contributed by atoms with Gasteiger partial charge in [-0.3, -0.25) is 4.79 Å². The zero-order valence-electron chi connectivity index (χ0n) is 10.7. The minimum absolute atomic E-state index is 0.225. The Morgan fingerprint density at radius 1 is 1.33 bits per heavy atom. The van der Waals surface area contributed by atoms with Gasteiger partial charge < -0.3 is 10.1 Å². The van der Waals surface area contributed by atoms with Crippen molar-refractivity contribution < 1.29 is 9.53 Å². The molecule has 1 saturated heterocycles. The molecule has 0 amide bonds. The van der Waals surface area contributed by atoms with Crippen molar-refractivity contribution in [1.29, 1.82) is 0 Å². The first-order valence-corrected chi connectivity index (χ1v) is 6.71. The first-order chi connectivity index (χ1) is 8.84. The average Bonchev–Trinajstić information content (AvgIpc) is 2.41. The molecule has 0 radical (unpaired) electrons. The van der Waals surface area contributed by atoms with Crippen LogP contribution in [0.3, 0.4) is 0 Å². The van der Waals surface area contributed by atoms with Crippen LogP contribution in [-0.2, 0) is 16.0 Å². The number of Topliss-reactive ketones (excluding diaryl/α,β-unsaturated/α-hetero) is 1. The summed E-state index contributed by atoms with van der Waals surface area (Å²) in [7, 11) is 0. The lowest BCUT2D eigenvalue weighted by atomic mass is 10.0. The van der Waals surface area contributed by atoms with Crippen LogP contribution in [0.2, 0.25) is 0 Å². The molecule has 1 heterocycles. The standard InChI is InChI=1S/C15H21NO2/c17-15(11-14-12-18-10-9-16-14)8-4-7-13-5-2-1-3-6-13/h1-3,5-6,14,16H,4,7-12H2. The van der Waals surface area contributed by atoms with E-state index in [4.69, 9.17) is 4.74 Å². The van der Waals surface area contributed by atoms with Crippen LogP contribution in [0, 0.1) is 0 Å². The Balaban J connectivity index is 1.62. The first kappa shape index (κ1) is 13.2. The van der Waals surface area contributed by atoms with Crippen molar-refractivity contribution in [3.63, 3.8) is 0 Å². The summed E-state index contributed by atoms with van der Waals surface area (Å²) in [6.45, 7) is 2.30. The lowest BCUT2D eigenvalue weighted by molar-refractivity contribution is -0.120. The fourth-order valence-electron chi connectivity index (χ4n) is 2.26. The van der Waals surface area contributed by atoms with Gasteiger partial charge in [-0.2, -0.15) is 0 Å². The number of morpholine rings is 1. The van der Waals surface area contributed by atoms with E-state index in [0.29, 0.717) is 25.2 Å². The summed E-state index contributed by atoms with van der Waals surface area (Å²) in [5, 5.41) is 3.31. The predicted molar refractivity (Wildman–Crippen MR) is 71.6 cm³/mol. The van der Waals surface area contributed by atoms with Crippen LogP contribution in [0.4, 0.5) is 0 Å².